The van der Waals surface area contributed by atoms with Gasteiger partial charge in [-0.25, -0.2) is 4.98 Å². The van der Waals surface area contributed by atoms with Gasteiger partial charge in [-0.15, -0.1) is 0 Å². The second-order valence-corrected chi connectivity index (χ2v) is 4.52. The second kappa shape index (κ2) is 5.71. The molecule has 0 aromatic carbocycles. The van der Waals surface area contributed by atoms with E-state index in [2.05, 4.69) is 10.3 Å². The predicted molar refractivity (Wildman–Crippen MR) is 72.6 cm³/mol. The van der Waals surface area contributed by atoms with E-state index in [4.69, 9.17) is 5.73 Å². The summed E-state index contributed by atoms with van der Waals surface area (Å²) < 4.78 is 0. The smallest absolute Gasteiger partial charge is 0.240 e. The van der Waals surface area contributed by atoms with Crippen LogP contribution < -0.4 is 16.0 Å². The number of hydrogen-bond acceptors (Lipinski definition) is 4. The summed E-state index contributed by atoms with van der Waals surface area (Å²) in [6.07, 6.45) is 2.95. The molecule has 5 heteroatoms. The maximum absolute atomic E-state index is 11.5. The van der Waals surface area contributed by atoms with Crippen LogP contribution in [0.3, 0.4) is 0 Å². The first kappa shape index (κ1) is 12.7. The normalized spacial score (nSPS) is 19.6. The third-order valence-corrected chi connectivity index (χ3v) is 3.22. The largest absolute Gasteiger partial charge is 0.370 e. The molecule has 3 N–H and O–H groups in total. The van der Waals surface area contributed by atoms with Gasteiger partial charge in [0.05, 0.1) is 0 Å². The fourth-order valence-electron chi connectivity index (χ4n) is 2.36. The van der Waals surface area contributed by atoms with Gasteiger partial charge >= 0.3 is 0 Å². The Morgan fingerprint density at radius 1 is 1.56 bits per heavy atom. The average molecular weight is 248 g/mol. The summed E-state index contributed by atoms with van der Waals surface area (Å²) in [5, 5.41) is 3.18. The Hall–Kier alpha value is -1.78. The van der Waals surface area contributed by atoms with Crippen molar-refractivity contribution in [2.75, 3.05) is 23.3 Å². The molecule has 1 unspecified atom stereocenters. The highest BCUT2D eigenvalue weighted by Crippen LogP contribution is 2.24. The average Bonchev–Trinajstić information content (AvgIpc) is 2.39. The van der Waals surface area contributed by atoms with Crippen LogP contribution in [0, 0.1) is 0 Å². The van der Waals surface area contributed by atoms with Crippen molar-refractivity contribution < 1.29 is 4.79 Å². The first-order valence-electron chi connectivity index (χ1n) is 6.49. The lowest BCUT2D eigenvalue weighted by molar-refractivity contribution is -0.119. The molecule has 1 aliphatic rings. The standard InChI is InChI=1S/C13H20N4O/c1-2-15-11-7-5-8-12(16-11)17-9-4-3-6-10(17)13(14)18/h5,7-8,10H,2-4,6,9H2,1H3,(H2,14,18)(H,15,16). The van der Waals surface area contributed by atoms with Gasteiger partial charge in [0.2, 0.25) is 5.91 Å². The summed E-state index contributed by atoms with van der Waals surface area (Å²) in [6, 6.07) is 5.59. The minimum Gasteiger partial charge on any atom is -0.370 e. The Bertz CT molecular complexity index is 421. The summed E-state index contributed by atoms with van der Waals surface area (Å²) in [6.45, 7) is 3.70. The van der Waals surface area contributed by atoms with Crippen LogP contribution >= 0.6 is 0 Å². The van der Waals surface area contributed by atoms with Crippen molar-refractivity contribution in [2.45, 2.75) is 32.2 Å². The maximum atomic E-state index is 11.5. The Balaban J connectivity index is 2.22. The lowest BCUT2D eigenvalue weighted by Gasteiger charge is -2.34. The molecule has 1 aliphatic heterocycles. The molecule has 18 heavy (non-hydrogen) atoms. The number of carbonyl (C=O) groups is 1. The zero-order valence-corrected chi connectivity index (χ0v) is 10.7. The van der Waals surface area contributed by atoms with E-state index in [0.29, 0.717) is 0 Å². The van der Waals surface area contributed by atoms with Gasteiger partial charge in [0, 0.05) is 13.1 Å². The van der Waals surface area contributed by atoms with Crippen molar-refractivity contribution >= 4 is 17.5 Å². The summed E-state index contributed by atoms with van der Waals surface area (Å²) in [5.74, 6) is 1.41. The highest BCUT2D eigenvalue weighted by atomic mass is 16.1. The lowest BCUT2D eigenvalue weighted by atomic mass is 10.0. The van der Waals surface area contributed by atoms with Crippen LogP contribution in [-0.2, 0) is 4.79 Å². The molecule has 1 atom stereocenters. The van der Waals surface area contributed by atoms with Crippen molar-refractivity contribution in [1.82, 2.24) is 4.98 Å². The molecule has 2 rings (SSSR count). The summed E-state index contributed by atoms with van der Waals surface area (Å²) in [4.78, 5) is 18.0. The van der Waals surface area contributed by atoms with Crippen LogP contribution in [0.2, 0.25) is 0 Å². The summed E-state index contributed by atoms with van der Waals surface area (Å²) >= 11 is 0. The van der Waals surface area contributed by atoms with Gasteiger partial charge in [0.25, 0.3) is 0 Å². The van der Waals surface area contributed by atoms with Crippen molar-refractivity contribution in [3.8, 4) is 0 Å². The third-order valence-electron chi connectivity index (χ3n) is 3.22. The first-order chi connectivity index (χ1) is 8.72. The number of rotatable bonds is 4. The van der Waals surface area contributed by atoms with Crippen LogP contribution in [0.5, 0.6) is 0 Å². The number of nitrogens with zero attached hydrogens (tertiary/aromatic N) is 2. The number of nitrogens with two attached hydrogens (primary N) is 1. The van der Waals surface area contributed by atoms with Gasteiger partial charge < -0.3 is 16.0 Å². The molecule has 5 nitrogen and oxygen atoms in total. The number of nitrogens with one attached hydrogen (secondary N) is 1. The molecule has 0 radical (unpaired) electrons. The van der Waals surface area contributed by atoms with Gasteiger partial charge in [-0.05, 0) is 38.3 Å². The second-order valence-electron chi connectivity index (χ2n) is 4.52. The number of carbonyl (C=O) groups excluding carboxylic acids is 1. The van der Waals surface area contributed by atoms with E-state index in [9.17, 15) is 4.79 Å². The number of aromatic nitrogens is 1. The van der Waals surface area contributed by atoms with Crippen LogP contribution in [0.1, 0.15) is 26.2 Å². The molecular weight excluding hydrogens is 228 g/mol. The number of anilines is 2. The Morgan fingerprint density at radius 3 is 3.11 bits per heavy atom. The Labute approximate surface area is 107 Å². The molecule has 1 aromatic heterocycles. The number of amides is 1. The lowest BCUT2D eigenvalue weighted by Crippen LogP contribution is -2.48. The van der Waals surface area contributed by atoms with Gasteiger partial charge in [-0.3, -0.25) is 4.79 Å². The summed E-state index contributed by atoms with van der Waals surface area (Å²) in [5.41, 5.74) is 5.47. The predicted octanol–water partition coefficient (Wildman–Crippen LogP) is 1.36. The number of pyridine rings is 1. The molecule has 1 fully saturated rings. The van der Waals surface area contributed by atoms with Gasteiger partial charge in [-0.1, -0.05) is 6.07 Å². The van der Waals surface area contributed by atoms with Gasteiger partial charge in [-0.2, -0.15) is 0 Å². The Morgan fingerprint density at radius 2 is 2.39 bits per heavy atom. The third kappa shape index (κ3) is 2.72. The zero-order valence-electron chi connectivity index (χ0n) is 10.7. The molecule has 0 bridgehead atoms. The minimum atomic E-state index is -0.259. The molecule has 2 heterocycles. The maximum Gasteiger partial charge on any atom is 0.240 e. The topological polar surface area (TPSA) is 71.2 Å². The van der Waals surface area contributed by atoms with Crippen molar-refractivity contribution in [3.63, 3.8) is 0 Å². The first-order valence-corrected chi connectivity index (χ1v) is 6.49. The molecular formula is C13H20N4O. The molecule has 98 valence electrons. The van der Waals surface area contributed by atoms with E-state index in [1.54, 1.807) is 0 Å². The van der Waals surface area contributed by atoms with E-state index >= 15 is 0 Å². The van der Waals surface area contributed by atoms with Crippen LogP contribution in [0.15, 0.2) is 18.2 Å². The van der Waals surface area contributed by atoms with E-state index in [-0.39, 0.29) is 11.9 Å². The highest BCUT2D eigenvalue weighted by molar-refractivity contribution is 5.83. The minimum absolute atomic E-state index is 0.219. The van der Waals surface area contributed by atoms with E-state index in [1.807, 2.05) is 30.0 Å². The summed E-state index contributed by atoms with van der Waals surface area (Å²) in [7, 11) is 0. The fraction of sp³-hybridized carbons (Fsp3) is 0.538. The SMILES string of the molecule is CCNc1cccc(N2CCCCC2C(N)=O)n1. The molecule has 0 aliphatic carbocycles. The number of primary amides is 1. The number of hydrogen-bond donors (Lipinski definition) is 2. The number of piperidine rings is 1. The van der Waals surface area contributed by atoms with Crippen LogP contribution in [0.4, 0.5) is 11.6 Å². The zero-order chi connectivity index (χ0) is 13.0. The van der Waals surface area contributed by atoms with E-state index in [0.717, 1.165) is 44.0 Å². The van der Waals surface area contributed by atoms with Gasteiger partial charge in [0.15, 0.2) is 0 Å². The molecule has 0 spiro atoms. The monoisotopic (exact) mass is 248 g/mol. The fourth-order valence-corrected chi connectivity index (χ4v) is 2.36. The molecule has 1 amide bonds. The van der Waals surface area contributed by atoms with E-state index < -0.39 is 0 Å². The van der Waals surface area contributed by atoms with Gasteiger partial charge in [0.1, 0.15) is 17.7 Å². The van der Waals surface area contributed by atoms with Crippen molar-refractivity contribution in [2.24, 2.45) is 5.73 Å². The van der Waals surface area contributed by atoms with E-state index in [1.165, 1.54) is 0 Å². The Kier molecular flexibility index (Phi) is 4.02. The highest BCUT2D eigenvalue weighted by Gasteiger charge is 2.27. The van der Waals surface area contributed by atoms with Crippen LogP contribution in [0.25, 0.3) is 0 Å². The molecule has 0 saturated carbocycles. The quantitative estimate of drug-likeness (QED) is 0.844. The molecule has 1 saturated heterocycles. The van der Waals surface area contributed by atoms with Crippen molar-refractivity contribution in [1.29, 1.82) is 0 Å². The van der Waals surface area contributed by atoms with Crippen molar-refractivity contribution in [3.05, 3.63) is 18.2 Å². The molecule has 1 aromatic rings. The van der Waals surface area contributed by atoms with Crippen LogP contribution in [-0.4, -0.2) is 30.0 Å².